The topological polar surface area (TPSA) is 26.0 Å². The second-order valence-corrected chi connectivity index (χ2v) is 4.34. The Morgan fingerprint density at radius 3 is 2.50 bits per heavy atom. The molecule has 2 aromatic rings. The highest BCUT2D eigenvalue weighted by atomic mass is 32.1. The standard InChI is InChI=1S/C12H13NS/c13-9-8-11-6-7-12(14-11)10-4-2-1-3-5-10/h1-7H,8-9,13H2. The van der Waals surface area contributed by atoms with Gasteiger partial charge in [-0.05, 0) is 30.7 Å². The van der Waals surface area contributed by atoms with Crippen molar-refractivity contribution in [3.8, 4) is 10.4 Å². The molecule has 0 atom stereocenters. The first kappa shape index (κ1) is 9.44. The first-order valence-electron chi connectivity index (χ1n) is 4.74. The van der Waals surface area contributed by atoms with Crippen molar-refractivity contribution in [1.82, 2.24) is 0 Å². The van der Waals surface area contributed by atoms with Crippen molar-refractivity contribution in [3.63, 3.8) is 0 Å². The summed E-state index contributed by atoms with van der Waals surface area (Å²) in [5.41, 5.74) is 6.81. The summed E-state index contributed by atoms with van der Waals surface area (Å²) in [6.45, 7) is 0.731. The molecule has 72 valence electrons. The van der Waals surface area contributed by atoms with E-state index in [9.17, 15) is 0 Å². The average Bonchev–Trinajstić information content (AvgIpc) is 2.68. The SMILES string of the molecule is NCCc1ccc(-c2ccccc2)s1. The predicted octanol–water partition coefficient (Wildman–Crippen LogP) is 2.92. The van der Waals surface area contributed by atoms with Crippen molar-refractivity contribution in [1.29, 1.82) is 0 Å². The van der Waals surface area contributed by atoms with E-state index in [0.29, 0.717) is 0 Å². The van der Waals surface area contributed by atoms with Gasteiger partial charge in [-0.1, -0.05) is 30.3 Å². The molecule has 1 aromatic heterocycles. The van der Waals surface area contributed by atoms with Gasteiger partial charge in [0.1, 0.15) is 0 Å². The molecule has 0 amide bonds. The monoisotopic (exact) mass is 203 g/mol. The lowest BCUT2D eigenvalue weighted by atomic mass is 10.2. The van der Waals surface area contributed by atoms with Crippen molar-refractivity contribution in [2.75, 3.05) is 6.54 Å². The van der Waals surface area contributed by atoms with Crippen molar-refractivity contribution in [3.05, 3.63) is 47.3 Å². The van der Waals surface area contributed by atoms with Gasteiger partial charge in [-0.25, -0.2) is 0 Å². The Kier molecular flexibility index (Phi) is 2.96. The third-order valence-electron chi connectivity index (χ3n) is 2.11. The molecule has 0 bridgehead atoms. The maximum Gasteiger partial charge on any atom is 0.0345 e. The van der Waals surface area contributed by atoms with E-state index in [1.807, 2.05) is 17.4 Å². The van der Waals surface area contributed by atoms with Crippen molar-refractivity contribution >= 4 is 11.3 Å². The molecular formula is C12H13NS. The van der Waals surface area contributed by atoms with Gasteiger partial charge in [0, 0.05) is 9.75 Å². The van der Waals surface area contributed by atoms with Gasteiger partial charge < -0.3 is 5.73 Å². The second kappa shape index (κ2) is 4.40. The van der Waals surface area contributed by atoms with Gasteiger partial charge in [0.15, 0.2) is 0 Å². The molecule has 0 radical (unpaired) electrons. The molecule has 0 saturated heterocycles. The van der Waals surface area contributed by atoms with Crippen molar-refractivity contribution < 1.29 is 0 Å². The quantitative estimate of drug-likeness (QED) is 0.815. The second-order valence-electron chi connectivity index (χ2n) is 3.17. The van der Waals surface area contributed by atoms with Gasteiger partial charge >= 0.3 is 0 Å². The fourth-order valence-electron chi connectivity index (χ4n) is 1.41. The Morgan fingerprint density at radius 2 is 1.79 bits per heavy atom. The number of rotatable bonds is 3. The molecule has 0 aliphatic carbocycles. The molecule has 2 rings (SSSR count). The van der Waals surface area contributed by atoms with Crippen LogP contribution in [0.15, 0.2) is 42.5 Å². The Morgan fingerprint density at radius 1 is 1.00 bits per heavy atom. The van der Waals surface area contributed by atoms with Crippen LogP contribution in [0.5, 0.6) is 0 Å². The summed E-state index contributed by atoms with van der Waals surface area (Å²) in [4.78, 5) is 2.69. The van der Waals surface area contributed by atoms with Crippen LogP contribution in [0.3, 0.4) is 0 Å². The predicted molar refractivity (Wildman–Crippen MR) is 62.5 cm³/mol. The minimum atomic E-state index is 0.731. The molecule has 0 aliphatic heterocycles. The summed E-state index contributed by atoms with van der Waals surface area (Å²) >= 11 is 1.83. The van der Waals surface area contributed by atoms with E-state index < -0.39 is 0 Å². The van der Waals surface area contributed by atoms with Crippen LogP contribution >= 0.6 is 11.3 Å². The molecule has 1 heterocycles. The molecule has 1 aromatic carbocycles. The molecule has 0 aliphatic rings. The van der Waals surface area contributed by atoms with Crippen LogP contribution in [0.4, 0.5) is 0 Å². The third-order valence-corrected chi connectivity index (χ3v) is 3.30. The van der Waals surface area contributed by atoms with Gasteiger partial charge in [0.25, 0.3) is 0 Å². The summed E-state index contributed by atoms with van der Waals surface area (Å²) < 4.78 is 0. The van der Waals surface area contributed by atoms with Gasteiger partial charge in [-0.15, -0.1) is 11.3 Å². The van der Waals surface area contributed by atoms with E-state index in [-0.39, 0.29) is 0 Å². The van der Waals surface area contributed by atoms with E-state index >= 15 is 0 Å². The molecule has 0 unspecified atom stereocenters. The Hall–Kier alpha value is -1.12. The molecule has 2 heteroatoms. The van der Waals surface area contributed by atoms with Crippen LogP contribution in [0.2, 0.25) is 0 Å². The molecule has 2 N–H and O–H groups in total. The zero-order chi connectivity index (χ0) is 9.80. The van der Waals surface area contributed by atoms with Crippen LogP contribution in [0, 0.1) is 0 Å². The van der Waals surface area contributed by atoms with Gasteiger partial charge in [-0.2, -0.15) is 0 Å². The Bertz CT molecular complexity index is 392. The van der Waals surface area contributed by atoms with Crippen molar-refractivity contribution in [2.24, 2.45) is 5.73 Å². The fraction of sp³-hybridized carbons (Fsp3) is 0.167. The van der Waals surface area contributed by atoms with Gasteiger partial charge in [-0.3, -0.25) is 0 Å². The van der Waals surface area contributed by atoms with E-state index in [4.69, 9.17) is 5.73 Å². The van der Waals surface area contributed by atoms with Crippen LogP contribution in [0.1, 0.15) is 4.88 Å². The first-order valence-corrected chi connectivity index (χ1v) is 5.56. The zero-order valence-electron chi connectivity index (χ0n) is 7.94. The van der Waals surface area contributed by atoms with Crippen LogP contribution in [-0.2, 0) is 6.42 Å². The summed E-state index contributed by atoms with van der Waals surface area (Å²) in [7, 11) is 0. The average molecular weight is 203 g/mol. The number of hydrogen-bond acceptors (Lipinski definition) is 2. The maximum absolute atomic E-state index is 5.52. The van der Waals surface area contributed by atoms with Crippen molar-refractivity contribution in [2.45, 2.75) is 6.42 Å². The maximum atomic E-state index is 5.52. The Labute approximate surface area is 88.2 Å². The summed E-state index contributed by atoms with van der Waals surface area (Å²) in [6.07, 6.45) is 0.984. The van der Waals surface area contributed by atoms with Gasteiger partial charge in [0.2, 0.25) is 0 Å². The fourth-order valence-corrected chi connectivity index (χ4v) is 2.44. The summed E-state index contributed by atoms with van der Waals surface area (Å²) in [6, 6.07) is 14.8. The largest absolute Gasteiger partial charge is 0.330 e. The van der Waals surface area contributed by atoms with Gasteiger partial charge in [0.05, 0.1) is 0 Å². The normalized spacial score (nSPS) is 10.4. The molecule has 0 fully saturated rings. The van der Waals surface area contributed by atoms with Crippen LogP contribution in [0.25, 0.3) is 10.4 Å². The van der Waals surface area contributed by atoms with Crippen LogP contribution in [-0.4, -0.2) is 6.54 Å². The van der Waals surface area contributed by atoms with E-state index in [1.165, 1.54) is 15.3 Å². The lowest BCUT2D eigenvalue weighted by Gasteiger charge is -1.95. The lowest BCUT2D eigenvalue weighted by molar-refractivity contribution is 0.989. The highest BCUT2D eigenvalue weighted by Gasteiger charge is 2.00. The minimum absolute atomic E-state index is 0.731. The van der Waals surface area contributed by atoms with E-state index in [0.717, 1.165) is 13.0 Å². The summed E-state index contributed by atoms with van der Waals surface area (Å²) in [5, 5.41) is 0. The Balaban J connectivity index is 2.25. The summed E-state index contributed by atoms with van der Waals surface area (Å²) in [5.74, 6) is 0. The highest BCUT2D eigenvalue weighted by Crippen LogP contribution is 2.27. The van der Waals surface area contributed by atoms with E-state index in [1.54, 1.807) is 0 Å². The first-order chi connectivity index (χ1) is 6.90. The van der Waals surface area contributed by atoms with E-state index in [2.05, 4.69) is 36.4 Å². The number of nitrogens with two attached hydrogens (primary N) is 1. The molecule has 0 saturated carbocycles. The molecule has 0 spiro atoms. The molecule has 14 heavy (non-hydrogen) atoms. The smallest absolute Gasteiger partial charge is 0.0345 e. The van der Waals surface area contributed by atoms with Crippen LogP contribution < -0.4 is 5.73 Å². The highest BCUT2D eigenvalue weighted by molar-refractivity contribution is 7.15. The lowest BCUT2D eigenvalue weighted by Crippen LogP contribution is -2.00. The zero-order valence-corrected chi connectivity index (χ0v) is 8.76. The third kappa shape index (κ3) is 2.03. The minimum Gasteiger partial charge on any atom is -0.330 e. The number of benzene rings is 1. The number of hydrogen-bond donors (Lipinski definition) is 1. The molecule has 1 nitrogen and oxygen atoms in total. The number of thiophene rings is 1. The molecular weight excluding hydrogens is 190 g/mol.